The molecule has 0 saturated carbocycles. The summed E-state index contributed by atoms with van der Waals surface area (Å²) in [7, 11) is 0. The molecule has 2 nitrogen and oxygen atoms in total. The van der Waals surface area contributed by atoms with Crippen LogP contribution in [-0.4, -0.2) is 17.3 Å². The fraction of sp³-hybridized carbons (Fsp3) is 0.562. The zero-order chi connectivity index (χ0) is 14.7. The highest BCUT2D eigenvalue weighted by atomic mass is 35.5. The Labute approximate surface area is 121 Å². The fourth-order valence-electron chi connectivity index (χ4n) is 1.68. The van der Waals surface area contributed by atoms with Gasteiger partial charge in [-0.15, -0.1) is 11.6 Å². The number of amides is 1. The van der Waals surface area contributed by atoms with Gasteiger partial charge in [-0.1, -0.05) is 39.8 Å². The summed E-state index contributed by atoms with van der Waals surface area (Å²) in [6.07, 6.45) is 0.808. The van der Waals surface area contributed by atoms with E-state index in [4.69, 9.17) is 11.6 Å². The molecule has 0 aliphatic heterocycles. The molecule has 0 aromatic heterocycles. The molecule has 1 N–H and O–H groups in total. The van der Waals surface area contributed by atoms with Gasteiger partial charge >= 0.3 is 0 Å². The van der Waals surface area contributed by atoms with Crippen molar-refractivity contribution in [2.24, 2.45) is 0 Å². The summed E-state index contributed by atoms with van der Waals surface area (Å²) in [4.78, 5) is 12.2. The van der Waals surface area contributed by atoms with Crippen LogP contribution >= 0.6 is 11.6 Å². The molecule has 0 bridgehead atoms. The molecule has 19 heavy (non-hydrogen) atoms. The molecule has 1 aromatic carbocycles. The van der Waals surface area contributed by atoms with E-state index < -0.39 is 0 Å². The van der Waals surface area contributed by atoms with Crippen molar-refractivity contribution in [3.05, 3.63) is 35.4 Å². The van der Waals surface area contributed by atoms with Gasteiger partial charge in [-0.05, 0) is 36.5 Å². The molecular formula is C16H24ClNO. The first-order valence-electron chi connectivity index (χ1n) is 6.71. The van der Waals surface area contributed by atoms with Crippen LogP contribution in [-0.2, 0) is 5.41 Å². The maximum absolute atomic E-state index is 12.2. The van der Waals surface area contributed by atoms with E-state index in [1.165, 1.54) is 5.56 Å². The Morgan fingerprint density at radius 2 is 1.68 bits per heavy atom. The number of hydrogen-bond donors (Lipinski definition) is 1. The molecule has 1 aromatic rings. The monoisotopic (exact) mass is 281 g/mol. The van der Waals surface area contributed by atoms with Crippen molar-refractivity contribution >= 4 is 17.5 Å². The number of benzene rings is 1. The lowest BCUT2D eigenvalue weighted by Gasteiger charge is -2.27. The zero-order valence-corrected chi connectivity index (χ0v) is 13.3. The van der Waals surface area contributed by atoms with Crippen LogP contribution in [0, 0.1) is 0 Å². The Kier molecular flexibility index (Phi) is 5.03. The van der Waals surface area contributed by atoms with Gasteiger partial charge in [0.25, 0.3) is 5.91 Å². The predicted octanol–water partition coefficient (Wildman–Crippen LogP) is 4.12. The maximum Gasteiger partial charge on any atom is 0.251 e. The van der Waals surface area contributed by atoms with Crippen molar-refractivity contribution in [3.63, 3.8) is 0 Å². The third-order valence-electron chi connectivity index (χ3n) is 3.50. The van der Waals surface area contributed by atoms with E-state index in [1.807, 2.05) is 38.1 Å². The number of rotatable bonds is 4. The first-order chi connectivity index (χ1) is 8.72. The molecule has 0 aliphatic rings. The van der Waals surface area contributed by atoms with Gasteiger partial charge in [-0.25, -0.2) is 0 Å². The molecule has 1 rings (SSSR count). The van der Waals surface area contributed by atoms with Gasteiger partial charge in [0.2, 0.25) is 0 Å². The average molecular weight is 282 g/mol. The molecule has 0 radical (unpaired) electrons. The van der Waals surface area contributed by atoms with Gasteiger partial charge in [-0.3, -0.25) is 4.79 Å². The average Bonchev–Trinajstić information content (AvgIpc) is 2.37. The number of alkyl halides is 1. The van der Waals surface area contributed by atoms with Crippen LogP contribution in [0.1, 0.15) is 57.0 Å². The van der Waals surface area contributed by atoms with Gasteiger partial charge in [0.15, 0.2) is 0 Å². The summed E-state index contributed by atoms with van der Waals surface area (Å²) in [6.45, 7) is 10.4. The van der Waals surface area contributed by atoms with E-state index >= 15 is 0 Å². The van der Waals surface area contributed by atoms with Gasteiger partial charge in [0, 0.05) is 11.4 Å². The first kappa shape index (κ1) is 16.0. The molecule has 0 saturated heterocycles. The second-order valence-corrected chi connectivity index (χ2v) is 6.60. The van der Waals surface area contributed by atoms with Gasteiger partial charge in [0.1, 0.15) is 0 Å². The summed E-state index contributed by atoms with van der Waals surface area (Å²) >= 11 is 5.91. The van der Waals surface area contributed by atoms with E-state index in [2.05, 4.69) is 26.1 Å². The second-order valence-electron chi connectivity index (χ2n) is 6.33. The summed E-state index contributed by atoms with van der Waals surface area (Å²) in [5.41, 5.74) is 1.65. The van der Waals surface area contributed by atoms with Crippen LogP contribution in [0.15, 0.2) is 24.3 Å². The van der Waals surface area contributed by atoms with Crippen LogP contribution in [0.2, 0.25) is 0 Å². The van der Waals surface area contributed by atoms with Crippen LogP contribution in [0.5, 0.6) is 0 Å². The molecule has 1 unspecified atom stereocenters. The number of carbonyl (C=O) groups excluding carboxylic acids is 1. The molecule has 1 atom stereocenters. The second kappa shape index (κ2) is 5.96. The lowest BCUT2D eigenvalue weighted by molar-refractivity contribution is 0.0912. The lowest BCUT2D eigenvalue weighted by Crippen LogP contribution is -2.47. The quantitative estimate of drug-likeness (QED) is 0.827. The van der Waals surface area contributed by atoms with E-state index in [0.717, 1.165) is 6.42 Å². The molecule has 0 heterocycles. The topological polar surface area (TPSA) is 29.1 Å². The van der Waals surface area contributed by atoms with Crippen LogP contribution in [0.4, 0.5) is 0 Å². The van der Waals surface area contributed by atoms with Crippen molar-refractivity contribution in [1.29, 1.82) is 0 Å². The van der Waals surface area contributed by atoms with Crippen molar-refractivity contribution in [2.75, 3.05) is 5.88 Å². The van der Waals surface area contributed by atoms with Crippen LogP contribution in [0.3, 0.4) is 0 Å². The van der Waals surface area contributed by atoms with Crippen molar-refractivity contribution in [3.8, 4) is 0 Å². The highest BCUT2D eigenvalue weighted by Crippen LogP contribution is 2.22. The Morgan fingerprint density at radius 1 is 1.16 bits per heavy atom. The van der Waals surface area contributed by atoms with Crippen LogP contribution in [0.25, 0.3) is 0 Å². The predicted molar refractivity (Wildman–Crippen MR) is 82.0 cm³/mol. The first-order valence-corrected chi connectivity index (χ1v) is 7.24. The SMILES string of the molecule is CCC(C)(CCl)NC(=O)c1ccc(C(C)(C)C)cc1. The molecule has 0 spiro atoms. The minimum absolute atomic E-state index is 0.0644. The van der Waals surface area contributed by atoms with E-state index in [0.29, 0.717) is 11.4 Å². The third kappa shape index (κ3) is 4.24. The summed E-state index contributed by atoms with van der Waals surface area (Å²) in [5.74, 6) is 0.348. The standard InChI is InChI=1S/C16H24ClNO/c1-6-16(5,11-17)18-14(19)12-7-9-13(10-8-12)15(2,3)4/h7-10H,6,11H2,1-5H3,(H,18,19). The Balaban J connectivity index is 2.85. The van der Waals surface area contributed by atoms with Crippen molar-refractivity contribution < 1.29 is 4.79 Å². The normalized spacial score (nSPS) is 14.8. The number of carbonyl (C=O) groups is 1. The minimum Gasteiger partial charge on any atom is -0.346 e. The number of hydrogen-bond acceptors (Lipinski definition) is 1. The Hall–Kier alpha value is -1.02. The molecule has 3 heteroatoms. The van der Waals surface area contributed by atoms with E-state index in [1.54, 1.807) is 0 Å². The molecule has 0 fully saturated rings. The summed E-state index contributed by atoms with van der Waals surface area (Å²) in [5, 5.41) is 3.00. The number of halogens is 1. The Bertz CT molecular complexity index is 427. The van der Waals surface area contributed by atoms with E-state index in [-0.39, 0.29) is 16.9 Å². The lowest BCUT2D eigenvalue weighted by atomic mass is 9.86. The molecule has 0 aliphatic carbocycles. The summed E-state index contributed by atoms with van der Waals surface area (Å²) < 4.78 is 0. The Morgan fingerprint density at radius 3 is 2.05 bits per heavy atom. The minimum atomic E-state index is -0.346. The van der Waals surface area contributed by atoms with Gasteiger partial charge < -0.3 is 5.32 Å². The molecular weight excluding hydrogens is 258 g/mol. The van der Waals surface area contributed by atoms with Gasteiger partial charge in [-0.2, -0.15) is 0 Å². The highest BCUT2D eigenvalue weighted by Gasteiger charge is 2.23. The summed E-state index contributed by atoms with van der Waals surface area (Å²) in [6, 6.07) is 7.78. The van der Waals surface area contributed by atoms with Crippen LogP contribution < -0.4 is 5.32 Å². The molecule has 1 amide bonds. The largest absolute Gasteiger partial charge is 0.346 e. The highest BCUT2D eigenvalue weighted by molar-refractivity contribution is 6.18. The maximum atomic E-state index is 12.2. The third-order valence-corrected chi connectivity index (χ3v) is 4.09. The van der Waals surface area contributed by atoms with E-state index in [9.17, 15) is 4.79 Å². The number of nitrogens with one attached hydrogen (secondary N) is 1. The smallest absolute Gasteiger partial charge is 0.251 e. The zero-order valence-electron chi connectivity index (χ0n) is 12.5. The van der Waals surface area contributed by atoms with Gasteiger partial charge in [0.05, 0.1) is 5.54 Å². The fourth-order valence-corrected chi connectivity index (χ4v) is 1.94. The van der Waals surface area contributed by atoms with Crippen molar-refractivity contribution in [2.45, 2.75) is 52.0 Å². The molecule has 106 valence electrons. The van der Waals surface area contributed by atoms with Crippen molar-refractivity contribution in [1.82, 2.24) is 5.32 Å².